The van der Waals surface area contributed by atoms with Crippen LogP contribution in [0.3, 0.4) is 0 Å². The Hall–Kier alpha value is -3.35. The molecule has 1 aliphatic rings. The molecule has 0 unspecified atom stereocenters. The molecule has 3 heterocycles. The fraction of sp³-hybridized carbons (Fsp3) is 0.385. The molecular weight excluding hydrogens is 417 g/mol. The second kappa shape index (κ2) is 10.5. The largest absolute Gasteiger partial charge is 0.370 e. The first kappa shape index (κ1) is 22.8. The molecule has 7 heteroatoms. The summed E-state index contributed by atoms with van der Waals surface area (Å²) < 4.78 is 13.4. The first-order valence-corrected chi connectivity index (χ1v) is 11.5. The van der Waals surface area contributed by atoms with Gasteiger partial charge in [0.25, 0.3) is 0 Å². The van der Waals surface area contributed by atoms with Gasteiger partial charge in [-0.2, -0.15) is 0 Å². The Morgan fingerprint density at radius 2 is 1.82 bits per heavy atom. The Bertz CT molecular complexity index is 1070. The van der Waals surface area contributed by atoms with Crippen LogP contribution >= 0.6 is 0 Å². The van der Waals surface area contributed by atoms with Crippen LogP contribution < -0.4 is 4.90 Å². The number of amides is 1. The molecule has 33 heavy (non-hydrogen) atoms. The van der Waals surface area contributed by atoms with Crippen LogP contribution in [0.1, 0.15) is 48.8 Å². The lowest BCUT2D eigenvalue weighted by Crippen LogP contribution is -2.33. The van der Waals surface area contributed by atoms with Crippen LogP contribution in [0.2, 0.25) is 0 Å². The quantitative estimate of drug-likeness (QED) is 0.572. The van der Waals surface area contributed by atoms with E-state index in [4.69, 9.17) is 4.98 Å². The lowest BCUT2D eigenvalue weighted by atomic mass is 9.95. The van der Waals surface area contributed by atoms with Crippen molar-refractivity contribution in [2.24, 2.45) is 0 Å². The van der Waals surface area contributed by atoms with Crippen molar-refractivity contribution in [1.82, 2.24) is 19.9 Å². The number of nitrogens with zero attached hydrogens (tertiary/aromatic N) is 5. The minimum absolute atomic E-state index is 0.128. The summed E-state index contributed by atoms with van der Waals surface area (Å²) in [5, 5.41) is 0. The van der Waals surface area contributed by atoms with Crippen molar-refractivity contribution in [3.8, 4) is 0 Å². The average molecular weight is 448 g/mol. The minimum atomic E-state index is -0.224. The van der Waals surface area contributed by atoms with Crippen molar-refractivity contribution in [3.63, 3.8) is 0 Å². The van der Waals surface area contributed by atoms with E-state index in [0.29, 0.717) is 6.42 Å². The monoisotopic (exact) mass is 447 g/mol. The zero-order valence-corrected chi connectivity index (χ0v) is 19.2. The van der Waals surface area contributed by atoms with Gasteiger partial charge in [0, 0.05) is 75.2 Å². The summed E-state index contributed by atoms with van der Waals surface area (Å²) in [5.41, 5.74) is 5.03. The number of carbonyl (C=O) groups excluding carboxylic acids is 1. The van der Waals surface area contributed by atoms with Crippen molar-refractivity contribution in [2.75, 3.05) is 31.1 Å². The first-order chi connectivity index (χ1) is 16.0. The Labute approximate surface area is 194 Å². The summed E-state index contributed by atoms with van der Waals surface area (Å²) in [6.45, 7) is 6.97. The number of pyridine rings is 1. The molecule has 0 N–H and O–H groups in total. The summed E-state index contributed by atoms with van der Waals surface area (Å²) in [6.07, 6.45) is 7.42. The number of hydrogen-bond acceptors (Lipinski definition) is 5. The molecule has 1 atom stereocenters. The summed E-state index contributed by atoms with van der Waals surface area (Å²) in [7, 11) is 0. The van der Waals surface area contributed by atoms with Gasteiger partial charge in [-0.25, -0.2) is 4.39 Å². The van der Waals surface area contributed by atoms with Gasteiger partial charge in [-0.15, -0.1) is 0 Å². The molecule has 3 aromatic rings. The molecule has 2 aromatic heterocycles. The standard InChI is InChI=1S/C26H30FN5O/c1-19(21-4-6-22(27)7-5-21)14-23-16-26(32-11-3-10-31(12-13-32)20(2)33)17-24(30-23)15-25-18-28-8-9-29-25/h4-9,16-19H,3,10-15H2,1-2H3/t19-/m1/s1. The molecule has 0 aliphatic carbocycles. The van der Waals surface area contributed by atoms with Crippen LogP contribution in [0.5, 0.6) is 0 Å². The van der Waals surface area contributed by atoms with Gasteiger partial charge >= 0.3 is 0 Å². The fourth-order valence-corrected chi connectivity index (χ4v) is 4.33. The normalized spacial score (nSPS) is 15.2. The Morgan fingerprint density at radius 1 is 1.03 bits per heavy atom. The van der Waals surface area contributed by atoms with Crippen molar-refractivity contribution in [3.05, 3.63) is 83.5 Å². The topological polar surface area (TPSA) is 62.2 Å². The molecule has 0 saturated carbocycles. The van der Waals surface area contributed by atoms with Gasteiger partial charge in [-0.3, -0.25) is 19.7 Å². The number of hydrogen-bond donors (Lipinski definition) is 0. The number of halogens is 1. The molecule has 1 saturated heterocycles. The van der Waals surface area contributed by atoms with Crippen LogP contribution in [-0.2, 0) is 17.6 Å². The van der Waals surface area contributed by atoms with Gasteiger partial charge in [0.15, 0.2) is 0 Å². The maximum absolute atomic E-state index is 13.4. The predicted octanol–water partition coefficient (Wildman–Crippen LogP) is 4.01. The highest BCUT2D eigenvalue weighted by molar-refractivity contribution is 5.73. The molecule has 1 aliphatic heterocycles. The van der Waals surface area contributed by atoms with E-state index in [9.17, 15) is 9.18 Å². The highest BCUT2D eigenvalue weighted by atomic mass is 19.1. The molecule has 0 bridgehead atoms. The Kier molecular flexibility index (Phi) is 7.27. The highest BCUT2D eigenvalue weighted by Crippen LogP contribution is 2.25. The van der Waals surface area contributed by atoms with Crippen LogP contribution in [-0.4, -0.2) is 51.9 Å². The third-order valence-corrected chi connectivity index (χ3v) is 6.16. The summed E-state index contributed by atoms with van der Waals surface area (Å²) in [4.78, 5) is 29.6. The van der Waals surface area contributed by atoms with Crippen molar-refractivity contribution in [2.45, 2.75) is 39.0 Å². The number of benzene rings is 1. The molecule has 0 spiro atoms. The molecule has 1 fully saturated rings. The molecule has 1 amide bonds. The molecule has 6 nitrogen and oxygen atoms in total. The molecular formula is C26H30FN5O. The molecule has 1 aromatic carbocycles. The number of rotatable bonds is 6. The highest BCUT2D eigenvalue weighted by Gasteiger charge is 2.19. The van der Waals surface area contributed by atoms with E-state index >= 15 is 0 Å². The van der Waals surface area contributed by atoms with Crippen molar-refractivity contribution < 1.29 is 9.18 Å². The zero-order valence-electron chi connectivity index (χ0n) is 19.2. The Morgan fingerprint density at radius 3 is 2.55 bits per heavy atom. The smallest absolute Gasteiger partial charge is 0.219 e. The number of aromatic nitrogens is 3. The van der Waals surface area contributed by atoms with Gasteiger partial charge in [0.05, 0.1) is 5.69 Å². The van der Waals surface area contributed by atoms with E-state index in [0.717, 1.165) is 67.4 Å². The number of carbonyl (C=O) groups is 1. The van der Waals surface area contributed by atoms with Gasteiger partial charge in [-0.05, 0) is 48.6 Å². The average Bonchev–Trinajstić information content (AvgIpc) is 3.07. The summed E-state index contributed by atoms with van der Waals surface area (Å²) in [6, 6.07) is 11.0. The van der Waals surface area contributed by atoms with Crippen LogP contribution in [0.15, 0.2) is 55.0 Å². The molecule has 172 valence electrons. The van der Waals surface area contributed by atoms with Gasteiger partial charge in [0.2, 0.25) is 5.91 Å². The lowest BCUT2D eigenvalue weighted by Gasteiger charge is -2.25. The van der Waals surface area contributed by atoms with Gasteiger partial charge in [0.1, 0.15) is 5.82 Å². The van der Waals surface area contributed by atoms with E-state index in [2.05, 4.69) is 33.9 Å². The predicted molar refractivity (Wildman–Crippen MR) is 127 cm³/mol. The second-order valence-electron chi connectivity index (χ2n) is 8.68. The second-order valence-corrected chi connectivity index (χ2v) is 8.68. The van der Waals surface area contributed by atoms with E-state index in [1.807, 2.05) is 17.0 Å². The first-order valence-electron chi connectivity index (χ1n) is 11.5. The van der Waals surface area contributed by atoms with E-state index in [1.54, 1.807) is 25.5 Å². The van der Waals surface area contributed by atoms with Crippen LogP contribution in [0.25, 0.3) is 0 Å². The van der Waals surface area contributed by atoms with E-state index in [-0.39, 0.29) is 17.6 Å². The Balaban J connectivity index is 1.60. The number of anilines is 1. The lowest BCUT2D eigenvalue weighted by molar-refractivity contribution is -0.128. The van der Waals surface area contributed by atoms with Gasteiger partial charge in [-0.1, -0.05) is 19.1 Å². The third-order valence-electron chi connectivity index (χ3n) is 6.16. The van der Waals surface area contributed by atoms with Crippen molar-refractivity contribution >= 4 is 11.6 Å². The van der Waals surface area contributed by atoms with E-state index in [1.165, 1.54) is 12.1 Å². The minimum Gasteiger partial charge on any atom is -0.370 e. The summed E-state index contributed by atoms with van der Waals surface area (Å²) in [5.74, 6) is 0.108. The third kappa shape index (κ3) is 6.12. The maximum atomic E-state index is 13.4. The SMILES string of the molecule is CC(=O)N1CCCN(c2cc(Cc3cnccn3)nc(C[C@@H](C)c3ccc(F)cc3)c2)CC1. The summed E-state index contributed by atoms with van der Waals surface area (Å²) >= 11 is 0. The molecule has 0 radical (unpaired) electrons. The zero-order chi connectivity index (χ0) is 23.2. The fourth-order valence-electron chi connectivity index (χ4n) is 4.33. The maximum Gasteiger partial charge on any atom is 0.219 e. The van der Waals surface area contributed by atoms with E-state index < -0.39 is 0 Å². The molecule has 4 rings (SSSR count). The van der Waals surface area contributed by atoms with Crippen molar-refractivity contribution in [1.29, 1.82) is 0 Å². The van der Waals surface area contributed by atoms with Crippen LogP contribution in [0.4, 0.5) is 10.1 Å². The van der Waals surface area contributed by atoms with Crippen LogP contribution in [0, 0.1) is 5.82 Å². The van der Waals surface area contributed by atoms with Gasteiger partial charge < -0.3 is 9.80 Å².